The SMILES string of the molecule is CC1=c2c(=O)[nH]c(=O)n(C3CC3)c2=C(C)C(N2CC(C(O)CO)C3(CC3)C2)C1F. The molecule has 1 spiro atoms. The molecule has 1 aromatic heterocycles. The maximum Gasteiger partial charge on any atom is 0.329 e. The molecule has 4 unspecified atom stereocenters. The van der Waals surface area contributed by atoms with Crippen molar-refractivity contribution in [2.45, 2.75) is 63.9 Å². The molecule has 1 saturated heterocycles. The number of likely N-dealkylation sites (tertiary alicyclic amines) is 1. The highest BCUT2D eigenvalue weighted by molar-refractivity contribution is 5.63. The second-order valence-electron chi connectivity index (χ2n) is 9.44. The van der Waals surface area contributed by atoms with E-state index in [-0.39, 0.29) is 24.0 Å². The summed E-state index contributed by atoms with van der Waals surface area (Å²) in [7, 11) is 0. The minimum absolute atomic E-state index is 0.0549. The first kappa shape index (κ1) is 19.2. The van der Waals surface area contributed by atoms with Crippen LogP contribution in [0.2, 0.25) is 0 Å². The van der Waals surface area contributed by atoms with Crippen LogP contribution in [0.1, 0.15) is 45.6 Å². The molecular formula is C21H28FN3O4. The fourth-order valence-corrected chi connectivity index (χ4v) is 5.77. The topological polar surface area (TPSA) is 98.6 Å². The van der Waals surface area contributed by atoms with Crippen molar-refractivity contribution in [3.8, 4) is 0 Å². The number of aromatic nitrogens is 2. The zero-order valence-electron chi connectivity index (χ0n) is 16.8. The van der Waals surface area contributed by atoms with E-state index in [1.807, 2.05) is 6.92 Å². The van der Waals surface area contributed by atoms with Gasteiger partial charge in [0.1, 0.15) is 6.17 Å². The summed E-state index contributed by atoms with van der Waals surface area (Å²) >= 11 is 0. The number of nitrogens with one attached hydrogen (secondary N) is 1. The molecule has 1 aromatic rings. The highest BCUT2D eigenvalue weighted by Crippen LogP contribution is 2.58. The summed E-state index contributed by atoms with van der Waals surface area (Å²) in [5.41, 5.74) is 0.0766. The van der Waals surface area contributed by atoms with E-state index < -0.39 is 29.6 Å². The number of rotatable bonds is 4. The molecule has 4 aliphatic rings. The Morgan fingerprint density at radius 1 is 1.24 bits per heavy atom. The Morgan fingerprint density at radius 3 is 2.52 bits per heavy atom. The van der Waals surface area contributed by atoms with Crippen LogP contribution in [0.15, 0.2) is 9.59 Å². The van der Waals surface area contributed by atoms with Gasteiger partial charge in [0.2, 0.25) is 0 Å². The largest absolute Gasteiger partial charge is 0.394 e. The molecule has 3 aliphatic carbocycles. The monoisotopic (exact) mass is 405 g/mol. The van der Waals surface area contributed by atoms with Crippen LogP contribution in [-0.2, 0) is 0 Å². The summed E-state index contributed by atoms with van der Waals surface area (Å²) in [6.45, 7) is 4.34. The van der Waals surface area contributed by atoms with E-state index in [1.54, 1.807) is 11.5 Å². The molecule has 29 heavy (non-hydrogen) atoms. The van der Waals surface area contributed by atoms with Gasteiger partial charge in [0.25, 0.3) is 5.56 Å². The lowest BCUT2D eigenvalue weighted by molar-refractivity contribution is 0.0306. The third-order valence-electron chi connectivity index (χ3n) is 7.63. The van der Waals surface area contributed by atoms with E-state index in [0.29, 0.717) is 34.8 Å². The van der Waals surface area contributed by atoms with Crippen LogP contribution < -0.4 is 21.8 Å². The van der Waals surface area contributed by atoms with Crippen molar-refractivity contribution >= 4 is 11.1 Å². The summed E-state index contributed by atoms with van der Waals surface area (Å²) < 4.78 is 17.3. The fourth-order valence-electron chi connectivity index (χ4n) is 5.77. The van der Waals surface area contributed by atoms with Gasteiger partial charge in [-0.2, -0.15) is 0 Å². The summed E-state index contributed by atoms with van der Waals surface area (Å²) in [5, 5.41) is 20.7. The lowest BCUT2D eigenvalue weighted by Crippen LogP contribution is -2.61. The number of halogens is 1. The molecule has 0 aromatic carbocycles. The molecule has 5 rings (SSSR count). The highest BCUT2D eigenvalue weighted by atomic mass is 19.1. The number of hydrogen-bond acceptors (Lipinski definition) is 5. The number of H-pyrrole nitrogens is 1. The number of aliphatic hydroxyl groups is 2. The molecule has 0 bridgehead atoms. The van der Waals surface area contributed by atoms with Gasteiger partial charge in [-0.25, -0.2) is 9.18 Å². The Kier molecular flexibility index (Phi) is 4.21. The minimum atomic E-state index is -1.35. The number of aliphatic hydroxyl groups excluding tert-OH is 2. The molecule has 2 saturated carbocycles. The predicted molar refractivity (Wildman–Crippen MR) is 106 cm³/mol. The van der Waals surface area contributed by atoms with Crippen LogP contribution in [-0.4, -0.2) is 62.7 Å². The number of nitrogens with zero attached hydrogens (tertiary/aromatic N) is 2. The molecule has 0 radical (unpaired) electrons. The van der Waals surface area contributed by atoms with Crippen molar-refractivity contribution in [2.24, 2.45) is 11.3 Å². The minimum Gasteiger partial charge on any atom is -0.394 e. The molecule has 4 atom stereocenters. The van der Waals surface area contributed by atoms with Crippen LogP contribution >= 0.6 is 0 Å². The molecule has 0 amide bonds. The van der Waals surface area contributed by atoms with Crippen molar-refractivity contribution in [2.75, 3.05) is 19.7 Å². The van der Waals surface area contributed by atoms with E-state index in [1.165, 1.54) is 0 Å². The number of aromatic amines is 1. The Hall–Kier alpha value is -1.77. The first-order valence-electron chi connectivity index (χ1n) is 10.5. The Balaban J connectivity index is 1.67. The van der Waals surface area contributed by atoms with Gasteiger partial charge in [0.05, 0.1) is 29.3 Å². The normalized spacial score (nSPS) is 32.0. The van der Waals surface area contributed by atoms with Crippen LogP contribution in [0.3, 0.4) is 0 Å². The lowest BCUT2D eigenvalue weighted by atomic mass is 9.88. The molecule has 3 fully saturated rings. The van der Waals surface area contributed by atoms with Crippen molar-refractivity contribution in [1.82, 2.24) is 14.5 Å². The molecule has 2 heterocycles. The van der Waals surface area contributed by atoms with Gasteiger partial charge in [-0.3, -0.25) is 19.2 Å². The maximum atomic E-state index is 15.7. The number of alkyl halides is 1. The average molecular weight is 405 g/mol. The first-order valence-corrected chi connectivity index (χ1v) is 10.5. The van der Waals surface area contributed by atoms with E-state index in [4.69, 9.17) is 0 Å². The van der Waals surface area contributed by atoms with Gasteiger partial charge < -0.3 is 10.2 Å². The summed E-state index contributed by atoms with van der Waals surface area (Å²) in [4.78, 5) is 29.6. The van der Waals surface area contributed by atoms with Gasteiger partial charge in [-0.05, 0) is 56.1 Å². The second kappa shape index (κ2) is 6.36. The fraction of sp³-hybridized carbons (Fsp3) is 0.714. The van der Waals surface area contributed by atoms with Gasteiger partial charge in [-0.1, -0.05) is 0 Å². The Bertz CT molecular complexity index is 1100. The van der Waals surface area contributed by atoms with Gasteiger partial charge in [0, 0.05) is 25.0 Å². The lowest BCUT2D eigenvalue weighted by Gasteiger charge is -2.35. The van der Waals surface area contributed by atoms with E-state index in [0.717, 1.165) is 25.7 Å². The van der Waals surface area contributed by atoms with E-state index in [9.17, 15) is 19.8 Å². The first-order chi connectivity index (χ1) is 13.8. The van der Waals surface area contributed by atoms with Crippen LogP contribution in [0.4, 0.5) is 4.39 Å². The van der Waals surface area contributed by atoms with Crippen LogP contribution in [0, 0.1) is 11.3 Å². The Labute approximate surface area is 167 Å². The van der Waals surface area contributed by atoms with Crippen molar-refractivity contribution in [1.29, 1.82) is 0 Å². The number of fused-ring (bicyclic) bond motifs is 1. The number of hydrogen-bond donors (Lipinski definition) is 3. The zero-order chi connectivity index (χ0) is 20.7. The third-order valence-corrected chi connectivity index (χ3v) is 7.63. The van der Waals surface area contributed by atoms with Gasteiger partial charge in [0.15, 0.2) is 0 Å². The van der Waals surface area contributed by atoms with Crippen molar-refractivity contribution in [3.63, 3.8) is 0 Å². The smallest absolute Gasteiger partial charge is 0.329 e. The summed E-state index contributed by atoms with van der Waals surface area (Å²) in [5.74, 6) is -0.0843. The zero-order valence-corrected chi connectivity index (χ0v) is 16.8. The molecule has 1 aliphatic heterocycles. The third kappa shape index (κ3) is 2.72. The molecule has 158 valence electrons. The van der Waals surface area contributed by atoms with E-state index >= 15 is 4.39 Å². The van der Waals surface area contributed by atoms with Crippen LogP contribution in [0.25, 0.3) is 11.1 Å². The standard InChI is InChI=1S/C21H28FN3O4/c1-10-15-17(25(12-3-4-12)20(29)23-19(15)28)11(2)18(16(10)22)24-7-13(14(27)8-26)21(9-24)5-6-21/h12-14,16,18,26-27H,3-9H2,1-2H3,(H,23,28,29). The Morgan fingerprint density at radius 2 is 1.93 bits per heavy atom. The van der Waals surface area contributed by atoms with E-state index in [2.05, 4.69) is 9.88 Å². The molecule has 7 nitrogen and oxygen atoms in total. The summed E-state index contributed by atoms with van der Waals surface area (Å²) in [6, 6.07) is -0.507. The van der Waals surface area contributed by atoms with Crippen molar-refractivity contribution < 1.29 is 14.6 Å². The molecule has 8 heteroatoms. The predicted octanol–water partition coefficient (Wildman–Crippen LogP) is -1.00. The second-order valence-corrected chi connectivity index (χ2v) is 9.44. The van der Waals surface area contributed by atoms with Gasteiger partial charge >= 0.3 is 5.69 Å². The molecule has 3 N–H and O–H groups in total. The quantitative estimate of drug-likeness (QED) is 0.597. The maximum absolute atomic E-state index is 15.7. The van der Waals surface area contributed by atoms with Crippen molar-refractivity contribution in [3.05, 3.63) is 31.4 Å². The molecular weight excluding hydrogens is 377 g/mol. The average Bonchev–Trinajstić information content (AvgIpc) is 3.58. The van der Waals surface area contributed by atoms with Gasteiger partial charge in [-0.15, -0.1) is 0 Å². The van der Waals surface area contributed by atoms with Crippen LogP contribution in [0.5, 0.6) is 0 Å². The summed E-state index contributed by atoms with van der Waals surface area (Å²) in [6.07, 6.45) is 1.54. The highest BCUT2D eigenvalue weighted by Gasteiger charge is 2.58.